The average molecular weight is 448 g/mol. The van der Waals surface area contributed by atoms with Gasteiger partial charge in [0.25, 0.3) is 5.91 Å². The normalized spacial score (nSPS) is 21.1. The van der Waals surface area contributed by atoms with Crippen molar-refractivity contribution in [3.63, 3.8) is 0 Å². The van der Waals surface area contributed by atoms with Gasteiger partial charge in [-0.15, -0.1) is 0 Å². The van der Waals surface area contributed by atoms with Crippen molar-refractivity contribution >= 4 is 29.2 Å². The van der Waals surface area contributed by atoms with E-state index in [4.69, 9.17) is 21.1 Å². The summed E-state index contributed by atoms with van der Waals surface area (Å²) >= 11 is 6.08. The SMILES string of the molecule is COC(=O)CC1CCC(c2ccc(N3CCOc4ncnc(Cl)c4C3=O)c(F)c2)CC1. The summed E-state index contributed by atoms with van der Waals surface area (Å²) in [6.45, 7) is 0.331. The largest absolute Gasteiger partial charge is 0.475 e. The molecule has 1 fully saturated rings. The van der Waals surface area contributed by atoms with Gasteiger partial charge in [0, 0.05) is 6.42 Å². The molecule has 1 aliphatic carbocycles. The first-order valence-electron chi connectivity index (χ1n) is 10.3. The summed E-state index contributed by atoms with van der Waals surface area (Å²) in [6, 6.07) is 5.00. The van der Waals surface area contributed by atoms with Crippen molar-refractivity contribution in [1.29, 1.82) is 0 Å². The lowest BCUT2D eigenvalue weighted by Crippen LogP contribution is -2.33. The van der Waals surface area contributed by atoms with Gasteiger partial charge in [-0.2, -0.15) is 0 Å². The smallest absolute Gasteiger partial charge is 0.305 e. The van der Waals surface area contributed by atoms with Gasteiger partial charge in [0.1, 0.15) is 29.5 Å². The highest BCUT2D eigenvalue weighted by Gasteiger charge is 2.31. The zero-order valence-electron chi connectivity index (χ0n) is 17.1. The number of rotatable bonds is 4. The molecule has 0 atom stereocenters. The first-order chi connectivity index (χ1) is 15.0. The number of halogens is 2. The molecule has 9 heteroatoms. The minimum atomic E-state index is -0.493. The minimum absolute atomic E-state index is 0.0253. The van der Waals surface area contributed by atoms with Gasteiger partial charge in [-0.25, -0.2) is 14.4 Å². The van der Waals surface area contributed by atoms with E-state index in [0.717, 1.165) is 31.2 Å². The number of esters is 1. The number of carbonyl (C=O) groups excluding carboxylic acids is 2. The molecule has 0 unspecified atom stereocenters. The Labute approximate surface area is 184 Å². The van der Waals surface area contributed by atoms with Crippen LogP contribution in [-0.4, -0.2) is 42.1 Å². The zero-order chi connectivity index (χ0) is 22.0. The molecule has 0 radical (unpaired) electrons. The van der Waals surface area contributed by atoms with Crippen LogP contribution in [0.3, 0.4) is 0 Å². The monoisotopic (exact) mass is 447 g/mol. The fourth-order valence-corrected chi connectivity index (χ4v) is 4.56. The van der Waals surface area contributed by atoms with Gasteiger partial charge in [-0.3, -0.25) is 9.59 Å². The van der Waals surface area contributed by atoms with Crippen LogP contribution in [0.25, 0.3) is 0 Å². The molecule has 7 nitrogen and oxygen atoms in total. The molecule has 4 rings (SSSR count). The van der Waals surface area contributed by atoms with E-state index in [1.54, 1.807) is 6.07 Å². The van der Waals surface area contributed by atoms with Crippen LogP contribution < -0.4 is 9.64 Å². The maximum absolute atomic E-state index is 15.1. The second-order valence-corrected chi connectivity index (χ2v) is 8.22. The number of nitrogens with zero attached hydrogens (tertiary/aromatic N) is 3. The van der Waals surface area contributed by atoms with Crippen molar-refractivity contribution in [3.05, 3.63) is 46.6 Å². The summed E-state index contributed by atoms with van der Waals surface area (Å²) in [7, 11) is 1.40. The van der Waals surface area contributed by atoms with Crippen LogP contribution in [0.15, 0.2) is 24.5 Å². The van der Waals surface area contributed by atoms with E-state index in [1.165, 1.54) is 24.4 Å². The zero-order valence-corrected chi connectivity index (χ0v) is 17.9. The molecule has 0 saturated heterocycles. The molecular formula is C22H23ClFN3O4. The topological polar surface area (TPSA) is 81.6 Å². The van der Waals surface area contributed by atoms with Gasteiger partial charge in [0.2, 0.25) is 5.88 Å². The Morgan fingerprint density at radius 2 is 2.06 bits per heavy atom. The lowest BCUT2D eigenvalue weighted by molar-refractivity contribution is -0.142. The number of anilines is 1. The fourth-order valence-electron chi connectivity index (χ4n) is 4.35. The maximum Gasteiger partial charge on any atom is 0.305 e. The van der Waals surface area contributed by atoms with E-state index in [2.05, 4.69) is 9.97 Å². The molecule has 0 bridgehead atoms. The third-order valence-electron chi connectivity index (χ3n) is 6.04. The number of amides is 1. The Hall–Kier alpha value is -2.74. The van der Waals surface area contributed by atoms with E-state index >= 15 is 4.39 Å². The molecule has 0 N–H and O–H groups in total. The van der Waals surface area contributed by atoms with Crippen molar-refractivity contribution in [2.45, 2.75) is 38.0 Å². The van der Waals surface area contributed by atoms with Gasteiger partial charge < -0.3 is 14.4 Å². The Morgan fingerprint density at radius 3 is 2.77 bits per heavy atom. The Morgan fingerprint density at radius 1 is 1.29 bits per heavy atom. The Bertz CT molecular complexity index is 995. The summed E-state index contributed by atoms with van der Waals surface area (Å²) in [5.74, 6) is -0.504. The molecule has 2 aromatic rings. The Kier molecular flexibility index (Phi) is 6.36. The van der Waals surface area contributed by atoms with Crippen molar-refractivity contribution in [1.82, 2.24) is 9.97 Å². The summed E-state index contributed by atoms with van der Waals surface area (Å²) in [6.07, 6.45) is 5.23. The molecule has 1 aromatic carbocycles. The van der Waals surface area contributed by atoms with Crippen molar-refractivity contribution in [2.24, 2.45) is 5.92 Å². The molecule has 0 spiro atoms. The van der Waals surface area contributed by atoms with Crippen LogP contribution in [0.1, 0.15) is 53.9 Å². The number of aromatic nitrogens is 2. The van der Waals surface area contributed by atoms with E-state index < -0.39 is 11.7 Å². The van der Waals surface area contributed by atoms with Crippen LogP contribution in [-0.2, 0) is 9.53 Å². The third kappa shape index (κ3) is 4.49. The second kappa shape index (κ2) is 9.18. The van der Waals surface area contributed by atoms with Crippen LogP contribution in [0, 0.1) is 11.7 Å². The van der Waals surface area contributed by atoms with Crippen molar-refractivity contribution in [2.75, 3.05) is 25.2 Å². The maximum atomic E-state index is 15.1. The summed E-state index contributed by atoms with van der Waals surface area (Å²) < 4.78 is 25.4. The van der Waals surface area contributed by atoms with Crippen LogP contribution in [0.2, 0.25) is 5.15 Å². The summed E-state index contributed by atoms with van der Waals surface area (Å²) in [4.78, 5) is 33.6. The molecule has 1 amide bonds. The predicted molar refractivity (Wildman–Crippen MR) is 112 cm³/mol. The predicted octanol–water partition coefficient (Wildman–Crippen LogP) is 4.15. The van der Waals surface area contributed by atoms with E-state index in [0.29, 0.717) is 12.3 Å². The third-order valence-corrected chi connectivity index (χ3v) is 6.33. The molecule has 2 heterocycles. The number of fused-ring (bicyclic) bond motifs is 1. The molecular weight excluding hydrogens is 425 g/mol. The first-order valence-corrected chi connectivity index (χ1v) is 10.7. The number of hydrogen-bond donors (Lipinski definition) is 0. The quantitative estimate of drug-likeness (QED) is 0.517. The van der Waals surface area contributed by atoms with Crippen LogP contribution >= 0.6 is 11.6 Å². The van der Waals surface area contributed by atoms with Gasteiger partial charge in [-0.05, 0) is 55.2 Å². The van der Waals surface area contributed by atoms with Gasteiger partial charge in [0.15, 0.2) is 0 Å². The molecule has 31 heavy (non-hydrogen) atoms. The summed E-state index contributed by atoms with van der Waals surface area (Å²) in [5, 5.41) is -0.0253. The summed E-state index contributed by atoms with van der Waals surface area (Å²) in [5.41, 5.74) is 1.11. The molecule has 1 aliphatic heterocycles. The molecule has 1 aromatic heterocycles. The number of methoxy groups -OCH3 is 1. The van der Waals surface area contributed by atoms with Crippen LogP contribution in [0.4, 0.5) is 10.1 Å². The van der Waals surface area contributed by atoms with E-state index in [1.807, 2.05) is 6.07 Å². The van der Waals surface area contributed by atoms with Gasteiger partial charge in [0.05, 0.1) is 19.3 Å². The van der Waals surface area contributed by atoms with Gasteiger partial charge >= 0.3 is 5.97 Å². The number of benzene rings is 1. The average Bonchev–Trinajstić information content (AvgIpc) is 2.93. The number of carbonyl (C=O) groups is 2. The highest BCUT2D eigenvalue weighted by molar-refractivity contribution is 6.33. The molecule has 2 aliphatic rings. The lowest BCUT2D eigenvalue weighted by atomic mass is 9.77. The highest BCUT2D eigenvalue weighted by Crippen LogP contribution is 2.39. The second-order valence-electron chi connectivity index (χ2n) is 7.86. The van der Waals surface area contributed by atoms with Crippen LogP contribution in [0.5, 0.6) is 5.88 Å². The standard InChI is InChI=1S/C22H23ClFN3O4/c1-30-18(28)10-13-2-4-14(5-3-13)15-6-7-17(16(24)11-15)27-8-9-31-21-19(22(27)29)20(23)25-12-26-21/h6-7,11-14H,2-5,8-10H2,1H3. The highest BCUT2D eigenvalue weighted by atomic mass is 35.5. The minimum Gasteiger partial charge on any atom is -0.475 e. The number of ether oxygens (including phenoxy) is 2. The molecule has 1 saturated carbocycles. The lowest BCUT2D eigenvalue weighted by Gasteiger charge is -2.29. The number of hydrogen-bond acceptors (Lipinski definition) is 6. The first kappa shape index (κ1) is 21.5. The van der Waals surface area contributed by atoms with Gasteiger partial charge in [-0.1, -0.05) is 17.7 Å². The van der Waals surface area contributed by atoms with E-state index in [9.17, 15) is 9.59 Å². The van der Waals surface area contributed by atoms with E-state index in [-0.39, 0.29) is 47.3 Å². The van der Waals surface area contributed by atoms with Crippen molar-refractivity contribution < 1.29 is 23.5 Å². The fraction of sp³-hybridized carbons (Fsp3) is 0.455. The van der Waals surface area contributed by atoms with Crippen molar-refractivity contribution in [3.8, 4) is 5.88 Å². The Balaban J connectivity index is 1.50. The molecule has 164 valence electrons.